The molecule has 0 radical (unpaired) electrons. The first-order valence-electron chi connectivity index (χ1n) is 9.09. The Balaban J connectivity index is 1.47. The van der Waals surface area contributed by atoms with Gasteiger partial charge in [0, 0.05) is 6.04 Å². The second-order valence-corrected chi connectivity index (χ2v) is 6.76. The molecule has 0 aliphatic carbocycles. The van der Waals surface area contributed by atoms with Gasteiger partial charge in [0.05, 0.1) is 0 Å². The molecule has 1 heterocycles. The van der Waals surface area contributed by atoms with Crippen LogP contribution in [0.1, 0.15) is 28.3 Å². The summed E-state index contributed by atoms with van der Waals surface area (Å²) in [6.45, 7) is 1.56. The van der Waals surface area contributed by atoms with Crippen molar-refractivity contribution >= 4 is 0 Å². The Kier molecular flexibility index (Phi) is 4.89. The number of hydrogen-bond acceptors (Lipinski definition) is 3. The zero-order valence-electron chi connectivity index (χ0n) is 14.7. The topological polar surface area (TPSA) is 41.5 Å². The number of nitrogens with one attached hydrogen (secondary N) is 1. The van der Waals surface area contributed by atoms with Gasteiger partial charge in [-0.05, 0) is 65.9 Å². The standard InChI is InChI=1S/C23H23NO2/c25-20-8-6-17(7-9-20)14-23-22-11-10-21(15-19(22)12-13-24-23)26-16-18-4-2-1-3-5-18/h1-11,15,23-25H,12-14,16H2. The van der Waals surface area contributed by atoms with Gasteiger partial charge in [0.2, 0.25) is 0 Å². The minimum absolute atomic E-state index is 0.298. The fourth-order valence-corrected chi connectivity index (χ4v) is 3.51. The van der Waals surface area contributed by atoms with Crippen LogP contribution in [0, 0.1) is 0 Å². The van der Waals surface area contributed by atoms with Crippen molar-refractivity contribution in [3.63, 3.8) is 0 Å². The molecule has 1 aliphatic heterocycles. The number of fused-ring (bicyclic) bond motifs is 1. The minimum Gasteiger partial charge on any atom is -0.508 e. The fourth-order valence-electron chi connectivity index (χ4n) is 3.51. The maximum absolute atomic E-state index is 9.45. The Morgan fingerprint density at radius 1 is 0.923 bits per heavy atom. The van der Waals surface area contributed by atoms with Gasteiger partial charge in [-0.3, -0.25) is 0 Å². The SMILES string of the molecule is Oc1ccc(CC2NCCc3cc(OCc4ccccc4)ccc32)cc1. The van der Waals surface area contributed by atoms with E-state index in [2.05, 4.69) is 35.6 Å². The van der Waals surface area contributed by atoms with Crippen LogP contribution in [0.4, 0.5) is 0 Å². The Morgan fingerprint density at radius 2 is 1.73 bits per heavy atom. The molecule has 3 aromatic rings. The lowest BCUT2D eigenvalue weighted by molar-refractivity contribution is 0.305. The van der Waals surface area contributed by atoms with Crippen molar-refractivity contribution in [3.05, 3.63) is 95.1 Å². The Hall–Kier alpha value is -2.78. The lowest BCUT2D eigenvalue weighted by Crippen LogP contribution is -2.31. The summed E-state index contributed by atoms with van der Waals surface area (Å²) in [4.78, 5) is 0. The first-order valence-corrected chi connectivity index (χ1v) is 9.09. The summed E-state index contributed by atoms with van der Waals surface area (Å²) in [5.41, 5.74) is 5.10. The van der Waals surface area contributed by atoms with Crippen LogP contribution in [0.3, 0.4) is 0 Å². The van der Waals surface area contributed by atoms with Gasteiger partial charge in [-0.2, -0.15) is 0 Å². The van der Waals surface area contributed by atoms with Crippen molar-refractivity contribution in [3.8, 4) is 11.5 Å². The normalized spacial score (nSPS) is 16.1. The molecule has 0 bridgehead atoms. The van der Waals surface area contributed by atoms with Gasteiger partial charge in [-0.25, -0.2) is 0 Å². The van der Waals surface area contributed by atoms with E-state index < -0.39 is 0 Å². The summed E-state index contributed by atoms with van der Waals surface area (Å²) in [6.07, 6.45) is 1.93. The van der Waals surface area contributed by atoms with Crippen LogP contribution in [0.15, 0.2) is 72.8 Å². The highest BCUT2D eigenvalue weighted by Gasteiger charge is 2.20. The maximum Gasteiger partial charge on any atom is 0.120 e. The van der Waals surface area contributed by atoms with Crippen LogP contribution in [0.2, 0.25) is 0 Å². The molecule has 0 spiro atoms. The summed E-state index contributed by atoms with van der Waals surface area (Å²) in [5, 5.41) is 13.1. The van der Waals surface area contributed by atoms with Gasteiger partial charge in [0.15, 0.2) is 0 Å². The number of benzene rings is 3. The van der Waals surface area contributed by atoms with Crippen LogP contribution in [0.5, 0.6) is 11.5 Å². The molecule has 1 atom stereocenters. The van der Waals surface area contributed by atoms with Crippen molar-refractivity contribution in [2.45, 2.75) is 25.5 Å². The number of aromatic hydroxyl groups is 1. The molecule has 1 unspecified atom stereocenters. The lowest BCUT2D eigenvalue weighted by Gasteiger charge is -2.27. The van der Waals surface area contributed by atoms with Crippen LogP contribution < -0.4 is 10.1 Å². The molecule has 4 rings (SSSR count). The van der Waals surface area contributed by atoms with Crippen LogP contribution in [-0.4, -0.2) is 11.7 Å². The Bertz CT molecular complexity index is 859. The zero-order chi connectivity index (χ0) is 17.8. The Labute approximate surface area is 154 Å². The van der Waals surface area contributed by atoms with Crippen LogP contribution in [0.25, 0.3) is 0 Å². The molecular weight excluding hydrogens is 322 g/mol. The highest BCUT2D eigenvalue weighted by Crippen LogP contribution is 2.29. The zero-order valence-corrected chi connectivity index (χ0v) is 14.7. The number of hydrogen-bond donors (Lipinski definition) is 2. The number of rotatable bonds is 5. The summed E-state index contributed by atoms with van der Waals surface area (Å²) in [5.74, 6) is 1.24. The van der Waals surface area contributed by atoms with Crippen molar-refractivity contribution in [2.24, 2.45) is 0 Å². The van der Waals surface area contributed by atoms with E-state index in [0.717, 1.165) is 25.1 Å². The van der Waals surface area contributed by atoms with Crippen molar-refractivity contribution < 1.29 is 9.84 Å². The summed E-state index contributed by atoms with van der Waals surface area (Å²) in [6, 6.07) is 24.5. The summed E-state index contributed by atoms with van der Waals surface area (Å²) in [7, 11) is 0. The molecule has 132 valence electrons. The van der Waals surface area contributed by atoms with Gasteiger partial charge in [-0.1, -0.05) is 48.5 Å². The largest absolute Gasteiger partial charge is 0.508 e. The monoisotopic (exact) mass is 345 g/mol. The molecule has 0 saturated heterocycles. The molecule has 0 saturated carbocycles. The average molecular weight is 345 g/mol. The van der Waals surface area contributed by atoms with E-state index >= 15 is 0 Å². The van der Waals surface area contributed by atoms with E-state index in [1.165, 1.54) is 22.3 Å². The second-order valence-electron chi connectivity index (χ2n) is 6.76. The van der Waals surface area contributed by atoms with E-state index in [9.17, 15) is 5.11 Å². The Morgan fingerprint density at radius 3 is 2.54 bits per heavy atom. The molecule has 0 amide bonds. The molecule has 0 aromatic heterocycles. The first-order chi connectivity index (χ1) is 12.8. The highest BCUT2D eigenvalue weighted by molar-refractivity contribution is 5.40. The minimum atomic E-state index is 0.298. The quantitative estimate of drug-likeness (QED) is 0.720. The van der Waals surface area contributed by atoms with Crippen molar-refractivity contribution in [1.29, 1.82) is 0 Å². The van der Waals surface area contributed by atoms with Gasteiger partial charge >= 0.3 is 0 Å². The molecule has 3 aromatic carbocycles. The van der Waals surface area contributed by atoms with E-state index in [4.69, 9.17) is 4.74 Å². The van der Waals surface area contributed by atoms with Crippen LogP contribution in [-0.2, 0) is 19.4 Å². The third kappa shape index (κ3) is 3.89. The molecular formula is C23H23NO2. The van der Waals surface area contributed by atoms with Crippen molar-refractivity contribution in [2.75, 3.05) is 6.54 Å². The number of ether oxygens (including phenoxy) is 1. The van der Waals surface area contributed by atoms with Gasteiger partial charge in [-0.15, -0.1) is 0 Å². The predicted molar refractivity (Wildman–Crippen MR) is 103 cm³/mol. The third-order valence-electron chi connectivity index (χ3n) is 4.90. The third-order valence-corrected chi connectivity index (χ3v) is 4.90. The molecule has 3 nitrogen and oxygen atoms in total. The smallest absolute Gasteiger partial charge is 0.120 e. The van der Waals surface area contributed by atoms with Gasteiger partial charge in [0.1, 0.15) is 18.1 Å². The van der Waals surface area contributed by atoms with E-state index in [1.54, 1.807) is 12.1 Å². The van der Waals surface area contributed by atoms with E-state index in [0.29, 0.717) is 18.4 Å². The molecule has 26 heavy (non-hydrogen) atoms. The molecule has 0 fully saturated rings. The molecule has 1 aliphatic rings. The van der Waals surface area contributed by atoms with E-state index in [-0.39, 0.29) is 0 Å². The number of phenolic OH excluding ortho intramolecular Hbond substituents is 1. The lowest BCUT2D eigenvalue weighted by atomic mass is 9.90. The van der Waals surface area contributed by atoms with E-state index in [1.807, 2.05) is 30.3 Å². The maximum atomic E-state index is 9.45. The fraction of sp³-hybridized carbons (Fsp3) is 0.217. The second kappa shape index (κ2) is 7.63. The van der Waals surface area contributed by atoms with Gasteiger partial charge < -0.3 is 15.2 Å². The molecule has 2 N–H and O–H groups in total. The number of phenols is 1. The van der Waals surface area contributed by atoms with Gasteiger partial charge in [0.25, 0.3) is 0 Å². The predicted octanol–water partition coefficient (Wildman–Crippen LogP) is 4.40. The summed E-state index contributed by atoms with van der Waals surface area (Å²) < 4.78 is 5.98. The summed E-state index contributed by atoms with van der Waals surface area (Å²) >= 11 is 0. The first kappa shape index (κ1) is 16.7. The average Bonchev–Trinajstić information content (AvgIpc) is 2.69. The van der Waals surface area contributed by atoms with Crippen LogP contribution >= 0.6 is 0 Å². The molecule has 3 heteroatoms. The van der Waals surface area contributed by atoms with Crippen molar-refractivity contribution in [1.82, 2.24) is 5.32 Å². The highest BCUT2D eigenvalue weighted by atomic mass is 16.5.